The van der Waals surface area contributed by atoms with Crippen molar-refractivity contribution in [1.82, 2.24) is 10.2 Å². The molecular formula is C15H30N2O2. The fourth-order valence-electron chi connectivity index (χ4n) is 2.53. The Morgan fingerprint density at radius 1 is 1.37 bits per heavy atom. The molecule has 0 heterocycles. The maximum Gasteiger partial charge on any atom is 0.327 e. The first-order valence-corrected chi connectivity index (χ1v) is 7.38. The molecular weight excluding hydrogens is 240 g/mol. The van der Waals surface area contributed by atoms with Crippen LogP contribution in [0.15, 0.2) is 0 Å². The van der Waals surface area contributed by atoms with E-state index in [-0.39, 0.29) is 12.0 Å². The molecule has 0 bridgehead atoms. The Labute approximate surface area is 117 Å². The van der Waals surface area contributed by atoms with E-state index in [1.54, 1.807) is 0 Å². The average molecular weight is 270 g/mol. The molecule has 0 spiro atoms. The molecule has 0 amide bonds. The summed E-state index contributed by atoms with van der Waals surface area (Å²) in [6.07, 6.45) is 2.66. The number of carbonyl (C=O) groups excluding carboxylic acids is 1. The van der Waals surface area contributed by atoms with Gasteiger partial charge in [-0.15, -0.1) is 0 Å². The van der Waals surface area contributed by atoms with E-state index in [4.69, 9.17) is 4.74 Å². The van der Waals surface area contributed by atoms with Crippen LogP contribution in [-0.2, 0) is 9.53 Å². The van der Waals surface area contributed by atoms with E-state index >= 15 is 0 Å². The highest BCUT2D eigenvalue weighted by molar-refractivity contribution is 5.80. The predicted molar refractivity (Wildman–Crippen MR) is 78.1 cm³/mol. The van der Waals surface area contributed by atoms with E-state index in [9.17, 15) is 4.79 Å². The van der Waals surface area contributed by atoms with Crippen LogP contribution in [0.5, 0.6) is 0 Å². The van der Waals surface area contributed by atoms with Gasteiger partial charge < -0.3 is 4.74 Å². The summed E-state index contributed by atoms with van der Waals surface area (Å²) in [6.45, 7) is 12.2. The first-order valence-electron chi connectivity index (χ1n) is 7.38. The summed E-state index contributed by atoms with van der Waals surface area (Å²) < 4.78 is 4.99. The Balaban J connectivity index is 2.74. The first kappa shape index (κ1) is 16.4. The third kappa shape index (κ3) is 5.11. The van der Waals surface area contributed by atoms with Crippen LogP contribution in [0.3, 0.4) is 0 Å². The van der Waals surface area contributed by atoms with Gasteiger partial charge >= 0.3 is 5.97 Å². The molecule has 1 aliphatic rings. The van der Waals surface area contributed by atoms with Crippen molar-refractivity contribution in [2.24, 2.45) is 5.92 Å². The quantitative estimate of drug-likeness (QED) is 0.685. The van der Waals surface area contributed by atoms with Gasteiger partial charge in [-0.2, -0.15) is 0 Å². The monoisotopic (exact) mass is 270 g/mol. The lowest BCUT2D eigenvalue weighted by molar-refractivity contribution is -0.149. The molecule has 4 heteroatoms. The number of rotatable bonds is 8. The Bertz CT molecular complexity index is 301. The lowest BCUT2D eigenvalue weighted by Gasteiger charge is -2.37. The Morgan fingerprint density at radius 3 is 2.32 bits per heavy atom. The Morgan fingerprint density at radius 2 is 1.95 bits per heavy atom. The van der Waals surface area contributed by atoms with Gasteiger partial charge in [-0.25, -0.2) is 0 Å². The third-order valence-electron chi connectivity index (χ3n) is 3.68. The van der Waals surface area contributed by atoms with Crippen LogP contribution in [0.2, 0.25) is 0 Å². The molecule has 0 aromatic heterocycles. The van der Waals surface area contributed by atoms with Crippen molar-refractivity contribution < 1.29 is 9.53 Å². The van der Waals surface area contributed by atoms with Gasteiger partial charge in [0.25, 0.3) is 0 Å². The maximum absolute atomic E-state index is 12.1. The first-order chi connectivity index (χ1) is 8.78. The lowest BCUT2D eigenvalue weighted by Crippen LogP contribution is -2.60. The van der Waals surface area contributed by atoms with Gasteiger partial charge in [0.15, 0.2) is 0 Å². The number of nitrogens with zero attached hydrogens (tertiary/aromatic N) is 1. The fourth-order valence-corrected chi connectivity index (χ4v) is 2.53. The molecule has 19 heavy (non-hydrogen) atoms. The van der Waals surface area contributed by atoms with Crippen LogP contribution in [0.1, 0.15) is 47.5 Å². The maximum atomic E-state index is 12.1. The van der Waals surface area contributed by atoms with E-state index < -0.39 is 5.54 Å². The van der Waals surface area contributed by atoms with Crippen LogP contribution in [0, 0.1) is 5.92 Å². The number of nitrogens with one attached hydrogen (secondary N) is 1. The van der Waals surface area contributed by atoms with Crippen LogP contribution in [0.4, 0.5) is 0 Å². The predicted octanol–water partition coefficient (Wildman–Crippen LogP) is 2.04. The summed E-state index contributed by atoms with van der Waals surface area (Å²) in [4.78, 5) is 14.5. The van der Waals surface area contributed by atoms with Crippen molar-refractivity contribution >= 4 is 5.97 Å². The molecule has 112 valence electrons. The van der Waals surface area contributed by atoms with Crippen molar-refractivity contribution in [2.75, 3.05) is 20.2 Å². The molecule has 1 aliphatic carbocycles. The molecule has 4 nitrogen and oxygen atoms in total. The summed E-state index contributed by atoms with van der Waals surface area (Å²) in [5.74, 6) is 0.644. The van der Waals surface area contributed by atoms with Gasteiger partial charge in [0.1, 0.15) is 5.54 Å². The molecule has 1 N–H and O–H groups in total. The van der Waals surface area contributed by atoms with Gasteiger partial charge in [-0.05, 0) is 53.4 Å². The summed E-state index contributed by atoms with van der Waals surface area (Å²) in [5, 5.41) is 3.37. The van der Waals surface area contributed by atoms with Crippen LogP contribution < -0.4 is 5.32 Å². The number of methoxy groups -OCH3 is 1. The molecule has 1 fully saturated rings. The zero-order chi connectivity index (χ0) is 14.6. The minimum Gasteiger partial charge on any atom is -0.468 e. The van der Waals surface area contributed by atoms with Crippen molar-refractivity contribution in [1.29, 1.82) is 0 Å². The second kappa shape index (κ2) is 6.71. The molecule has 1 unspecified atom stereocenters. The molecule has 1 saturated carbocycles. The SMILES string of the molecule is COC(=O)C(C)(CN(CC1CC1)C(C)C)NC(C)C. The van der Waals surface area contributed by atoms with Crippen molar-refractivity contribution in [2.45, 2.75) is 65.1 Å². The summed E-state index contributed by atoms with van der Waals surface area (Å²) >= 11 is 0. The normalized spacial score (nSPS) is 19.0. The summed E-state index contributed by atoms with van der Waals surface area (Å²) in [6, 6.07) is 0.692. The molecule has 0 aliphatic heterocycles. The largest absolute Gasteiger partial charge is 0.468 e. The van der Waals surface area contributed by atoms with Crippen LogP contribution in [0.25, 0.3) is 0 Å². The van der Waals surface area contributed by atoms with Gasteiger partial charge in [0.05, 0.1) is 7.11 Å². The van der Waals surface area contributed by atoms with E-state index in [0.717, 1.165) is 12.5 Å². The van der Waals surface area contributed by atoms with Crippen molar-refractivity contribution in [3.8, 4) is 0 Å². The zero-order valence-corrected chi connectivity index (χ0v) is 13.3. The molecule has 0 saturated heterocycles. The molecule has 0 aromatic rings. The highest BCUT2D eigenvalue weighted by Gasteiger charge is 2.38. The van der Waals surface area contributed by atoms with E-state index in [1.165, 1.54) is 20.0 Å². The van der Waals surface area contributed by atoms with Crippen LogP contribution in [-0.4, -0.2) is 48.7 Å². The highest BCUT2D eigenvalue weighted by atomic mass is 16.5. The summed E-state index contributed by atoms with van der Waals surface area (Å²) in [5.41, 5.74) is -0.637. The zero-order valence-electron chi connectivity index (χ0n) is 13.3. The number of carbonyl (C=O) groups is 1. The number of hydrogen-bond acceptors (Lipinski definition) is 4. The van der Waals surface area contributed by atoms with Crippen molar-refractivity contribution in [3.05, 3.63) is 0 Å². The molecule has 1 rings (SSSR count). The molecule has 1 atom stereocenters. The fraction of sp³-hybridized carbons (Fsp3) is 0.933. The second-order valence-electron chi connectivity index (χ2n) is 6.59. The Kier molecular flexibility index (Phi) is 5.81. The van der Waals surface area contributed by atoms with E-state index in [2.05, 4.69) is 37.9 Å². The topological polar surface area (TPSA) is 41.6 Å². The second-order valence-corrected chi connectivity index (χ2v) is 6.59. The Hall–Kier alpha value is -0.610. The standard InChI is InChI=1S/C15H30N2O2/c1-11(2)16-15(5,14(18)19-6)10-17(12(3)4)9-13-7-8-13/h11-13,16H,7-10H2,1-6H3. The van der Waals surface area contributed by atoms with Gasteiger partial charge in [-0.1, -0.05) is 0 Å². The van der Waals surface area contributed by atoms with E-state index in [1.807, 2.05) is 6.92 Å². The van der Waals surface area contributed by atoms with Gasteiger partial charge in [-0.3, -0.25) is 15.0 Å². The van der Waals surface area contributed by atoms with Crippen molar-refractivity contribution in [3.63, 3.8) is 0 Å². The molecule has 0 radical (unpaired) electrons. The van der Waals surface area contributed by atoms with Gasteiger partial charge in [0, 0.05) is 25.2 Å². The van der Waals surface area contributed by atoms with Crippen LogP contribution >= 0.6 is 0 Å². The van der Waals surface area contributed by atoms with E-state index in [0.29, 0.717) is 12.6 Å². The smallest absolute Gasteiger partial charge is 0.327 e. The minimum atomic E-state index is -0.637. The summed E-state index contributed by atoms with van der Waals surface area (Å²) in [7, 11) is 1.46. The third-order valence-corrected chi connectivity index (χ3v) is 3.68. The minimum absolute atomic E-state index is 0.178. The average Bonchev–Trinajstić information content (AvgIpc) is 3.09. The number of hydrogen-bond donors (Lipinski definition) is 1. The lowest BCUT2D eigenvalue weighted by atomic mass is 9.99. The van der Waals surface area contributed by atoms with Gasteiger partial charge in [0.2, 0.25) is 0 Å². The molecule has 0 aromatic carbocycles. The number of ether oxygens (including phenoxy) is 1. The number of esters is 1. The highest BCUT2D eigenvalue weighted by Crippen LogP contribution is 2.30.